The Morgan fingerprint density at radius 2 is 1.92 bits per heavy atom. The van der Waals surface area contributed by atoms with E-state index in [-0.39, 0.29) is 12.0 Å². The minimum Gasteiger partial charge on any atom is -0.465 e. The van der Waals surface area contributed by atoms with Gasteiger partial charge in [-0.2, -0.15) is 0 Å². The molecule has 1 heterocycles. The van der Waals surface area contributed by atoms with Crippen molar-refractivity contribution in [3.63, 3.8) is 0 Å². The third kappa shape index (κ3) is 3.52. The van der Waals surface area contributed by atoms with Crippen molar-refractivity contribution in [2.45, 2.75) is 19.9 Å². The van der Waals surface area contributed by atoms with Crippen LogP contribution in [0.15, 0.2) is 48.7 Å². The normalized spacial score (nSPS) is 12.0. The Hall–Kier alpha value is -3.15. The van der Waals surface area contributed by atoms with Crippen LogP contribution in [0.5, 0.6) is 0 Å². The van der Waals surface area contributed by atoms with Crippen molar-refractivity contribution in [2.75, 3.05) is 12.8 Å². The highest BCUT2D eigenvalue weighted by Crippen LogP contribution is 2.24. The molecule has 0 amide bonds. The van der Waals surface area contributed by atoms with E-state index in [2.05, 4.69) is 10.3 Å². The number of aromatic nitrogens is 3. The van der Waals surface area contributed by atoms with E-state index in [4.69, 9.17) is 10.5 Å². The van der Waals surface area contributed by atoms with Crippen LogP contribution in [0, 0.1) is 6.92 Å². The first kappa shape index (κ1) is 16.7. The van der Waals surface area contributed by atoms with Crippen LogP contribution in [0.1, 0.15) is 34.5 Å². The lowest BCUT2D eigenvalue weighted by Gasteiger charge is -2.12. The van der Waals surface area contributed by atoms with Gasteiger partial charge < -0.3 is 10.5 Å². The third-order valence-electron chi connectivity index (χ3n) is 4.12. The maximum Gasteiger partial charge on any atom is 0.337 e. The molecular formula is C19H20N4O2. The fourth-order valence-corrected chi connectivity index (χ4v) is 2.73. The summed E-state index contributed by atoms with van der Waals surface area (Å²) in [6.45, 7) is 4.02. The van der Waals surface area contributed by atoms with E-state index in [0.29, 0.717) is 11.3 Å². The number of nitrogens with two attached hydrogens (primary N) is 1. The van der Waals surface area contributed by atoms with E-state index in [1.54, 1.807) is 16.8 Å². The van der Waals surface area contributed by atoms with Crippen LogP contribution in [-0.4, -0.2) is 28.1 Å². The molecule has 2 aromatic carbocycles. The molecule has 0 aliphatic rings. The summed E-state index contributed by atoms with van der Waals surface area (Å²) in [5.41, 5.74) is 11.0. The van der Waals surface area contributed by atoms with Gasteiger partial charge in [-0.25, -0.2) is 9.48 Å². The molecule has 0 saturated heterocycles. The zero-order valence-corrected chi connectivity index (χ0v) is 14.4. The van der Waals surface area contributed by atoms with Gasteiger partial charge in [0.15, 0.2) is 0 Å². The van der Waals surface area contributed by atoms with Crippen LogP contribution in [-0.2, 0) is 4.74 Å². The summed E-state index contributed by atoms with van der Waals surface area (Å²) in [5.74, 6) is -0.348. The summed E-state index contributed by atoms with van der Waals surface area (Å²) in [6, 6.07) is 13.1. The highest BCUT2D eigenvalue weighted by molar-refractivity contribution is 5.89. The van der Waals surface area contributed by atoms with Gasteiger partial charge in [0.2, 0.25) is 0 Å². The molecule has 1 unspecified atom stereocenters. The summed E-state index contributed by atoms with van der Waals surface area (Å²) in [7, 11) is 1.37. The number of esters is 1. The molecule has 1 atom stereocenters. The van der Waals surface area contributed by atoms with Gasteiger partial charge in [0.05, 0.1) is 24.9 Å². The van der Waals surface area contributed by atoms with E-state index in [1.165, 1.54) is 7.11 Å². The monoisotopic (exact) mass is 336 g/mol. The zero-order chi connectivity index (χ0) is 18.0. The number of methoxy groups -OCH3 is 1. The fraction of sp³-hybridized carbons (Fsp3) is 0.211. The molecule has 0 spiro atoms. The number of nitrogens with zero attached hydrogens (tertiary/aromatic N) is 3. The number of hydrogen-bond acceptors (Lipinski definition) is 5. The second-order valence-corrected chi connectivity index (χ2v) is 6.01. The number of carbonyl (C=O) groups is 1. The summed E-state index contributed by atoms with van der Waals surface area (Å²) in [5, 5.41) is 8.49. The Balaban J connectivity index is 1.85. The lowest BCUT2D eigenvalue weighted by atomic mass is 10.1. The predicted octanol–water partition coefficient (Wildman–Crippen LogP) is 3.23. The summed E-state index contributed by atoms with van der Waals surface area (Å²) < 4.78 is 6.51. The van der Waals surface area contributed by atoms with Crippen molar-refractivity contribution in [2.24, 2.45) is 0 Å². The van der Waals surface area contributed by atoms with Crippen LogP contribution >= 0.6 is 0 Å². The predicted molar refractivity (Wildman–Crippen MR) is 96.2 cm³/mol. The molecule has 0 aliphatic carbocycles. The largest absolute Gasteiger partial charge is 0.465 e. The molecule has 2 N–H and O–H groups in total. The SMILES string of the molecule is COC(=O)c1ccc(C(C)n2cc(-c3cc(C)cc(N)c3)nn2)cc1. The van der Waals surface area contributed by atoms with Crippen molar-refractivity contribution in [1.82, 2.24) is 15.0 Å². The highest BCUT2D eigenvalue weighted by atomic mass is 16.5. The molecular weight excluding hydrogens is 316 g/mol. The Morgan fingerprint density at radius 3 is 2.56 bits per heavy atom. The number of rotatable bonds is 4. The molecule has 3 aromatic rings. The first-order chi connectivity index (χ1) is 12.0. The van der Waals surface area contributed by atoms with Crippen molar-refractivity contribution in [3.8, 4) is 11.3 Å². The average molecular weight is 336 g/mol. The fourth-order valence-electron chi connectivity index (χ4n) is 2.73. The number of benzene rings is 2. The lowest BCUT2D eigenvalue weighted by molar-refractivity contribution is 0.0600. The Labute approximate surface area is 146 Å². The molecule has 3 rings (SSSR count). The number of hydrogen-bond donors (Lipinski definition) is 1. The standard InChI is InChI=1S/C19H20N4O2/c1-12-8-16(10-17(20)9-12)18-11-23(22-21-18)13(2)14-4-6-15(7-5-14)19(24)25-3/h4-11,13H,20H2,1-3H3. The molecule has 128 valence electrons. The lowest BCUT2D eigenvalue weighted by Crippen LogP contribution is -2.08. The quantitative estimate of drug-likeness (QED) is 0.584. The Morgan fingerprint density at radius 1 is 1.20 bits per heavy atom. The van der Waals surface area contributed by atoms with E-state index < -0.39 is 0 Å². The second-order valence-electron chi connectivity index (χ2n) is 6.01. The molecule has 6 nitrogen and oxygen atoms in total. The van der Waals surface area contributed by atoms with Crippen LogP contribution in [0.3, 0.4) is 0 Å². The Bertz CT molecular complexity index is 880. The smallest absolute Gasteiger partial charge is 0.337 e. The van der Waals surface area contributed by atoms with Gasteiger partial charge in [0.1, 0.15) is 5.69 Å². The third-order valence-corrected chi connectivity index (χ3v) is 4.12. The maximum atomic E-state index is 11.5. The molecule has 0 aliphatic heterocycles. The van der Waals surface area contributed by atoms with E-state index >= 15 is 0 Å². The van der Waals surface area contributed by atoms with Gasteiger partial charge in [0, 0.05) is 11.3 Å². The van der Waals surface area contributed by atoms with Crippen molar-refractivity contribution in [1.29, 1.82) is 0 Å². The first-order valence-corrected chi connectivity index (χ1v) is 7.95. The topological polar surface area (TPSA) is 83.0 Å². The van der Waals surface area contributed by atoms with E-state index in [1.807, 2.05) is 50.4 Å². The van der Waals surface area contributed by atoms with Crippen molar-refractivity contribution >= 4 is 11.7 Å². The van der Waals surface area contributed by atoms with Gasteiger partial charge in [-0.1, -0.05) is 17.3 Å². The zero-order valence-electron chi connectivity index (χ0n) is 14.4. The minimum absolute atomic E-state index is 0.0184. The van der Waals surface area contributed by atoms with Crippen molar-refractivity contribution < 1.29 is 9.53 Å². The van der Waals surface area contributed by atoms with Gasteiger partial charge in [-0.05, 0) is 55.3 Å². The number of nitrogen functional groups attached to an aromatic ring is 1. The van der Waals surface area contributed by atoms with Crippen molar-refractivity contribution in [3.05, 3.63) is 65.4 Å². The summed E-state index contributed by atoms with van der Waals surface area (Å²) >= 11 is 0. The van der Waals surface area contributed by atoms with Gasteiger partial charge in [-0.15, -0.1) is 5.10 Å². The minimum atomic E-state index is -0.348. The van der Waals surface area contributed by atoms with Crippen LogP contribution in [0.4, 0.5) is 5.69 Å². The molecule has 6 heteroatoms. The molecule has 0 fully saturated rings. The van der Waals surface area contributed by atoms with E-state index in [0.717, 1.165) is 22.4 Å². The molecule has 0 radical (unpaired) electrons. The number of ether oxygens (including phenoxy) is 1. The van der Waals surface area contributed by atoms with Gasteiger partial charge in [-0.3, -0.25) is 0 Å². The number of aryl methyl sites for hydroxylation is 1. The Kier molecular flexibility index (Phi) is 4.52. The molecule has 1 aromatic heterocycles. The van der Waals surface area contributed by atoms with E-state index in [9.17, 15) is 4.79 Å². The number of carbonyl (C=O) groups excluding carboxylic acids is 1. The molecule has 0 saturated carbocycles. The second kappa shape index (κ2) is 6.76. The summed E-state index contributed by atoms with van der Waals surface area (Å²) in [6.07, 6.45) is 1.90. The van der Waals surface area contributed by atoms with Crippen LogP contribution in [0.2, 0.25) is 0 Å². The van der Waals surface area contributed by atoms with Gasteiger partial charge in [0.25, 0.3) is 0 Å². The first-order valence-electron chi connectivity index (χ1n) is 7.95. The molecule has 0 bridgehead atoms. The molecule has 25 heavy (non-hydrogen) atoms. The number of anilines is 1. The van der Waals surface area contributed by atoms with Crippen LogP contribution < -0.4 is 5.73 Å². The average Bonchev–Trinajstić information content (AvgIpc) is 3.10. The highest BCUT2D eigenvalue weighted by Gasteiger charge is 2.13. The maximum absolute atomic E-state index is 11.5. The summed E-state index contributed by atoms with van der Waals surface area (Å²) in [4.78, 5) is 11.5. The van der Waals surface area contributed by atoms with Gasteiger partial charge >= 0.3 is 5.97 Å². The van der Waals surface area contributed by atoms with Crippen LogP contribution in [0.25, 0.3) is 11.3 Å².